The number of carbonyl (C=O) groups is 1. The van der Waals surface area contributed by atoms with Crippen molar-refractivity contribution in [2.24, 2.45) is 5.73 Å². The fourth-order valence-corrected chi connectivity index (χ4v) is 2.62. The highest BCUT2D eigenvalue weighted by Gasteiger charge is 2.13. The Kier molecular flexibility index (Phi) is 4.35. The van der Waals surface area contributed by atoms with Crippen LogP contribution < -0.4 is 5.73 Å². The Balaban J connectivity index is 2.16. The number of hydrogen-bond acceptors (Lipinski definition) is 4. The molecule has 0 amide bonds. The van der Waals surface area contributed by atoms with E-state index in [1.807, 2.05) is 0 Å². The lowest BCUT2D eigenvalue weighted by atomic mass is 10.1. The lowest BCUT2D eigenvalue weighted by Crippen LogP contribution is -2.05. The van der Waals surface area contributed by atoms with Crippen LogP contribution in [0.4, 0.5) is 0 Å². The zero-order chi connectivity index (χ0) is 13.1. The van der Waals surface area contributed by atoms with E-state index in [9.17, 15) is 4.79 Å². The molecule has 1 heterocycles. The van der Waals surface area contributed by atoms with Gasteiger partial charge in [-0.3, -0.25) is 4.79 Å². The number of halogens is 2. The average molecular weight is 301 g/mol. The van der Waals surface area contributed by atoms with E-state index >= 15 is 0 Å². The summed E-state index contributed by atoms with van der Waals surface area (Å²) in [7, 11) is 0. The quantitative estimate of drug-likeness (QED) is 0.881. The van der Waals surface area contributed by atoms with Gasteiger partial charge in [0, 0.05) is 28.4 Å². The standard InChI is InChI=1S/C12H10Cl2N2OS/c13-8-2-1-7(9(14)4-8)3-11(17)10-6-18-12(5-15)16-10/h1-2,4,6H,3,5,15H2. The summed E-state index contributed by atoms with van der Waals surface area (Å²) in [6.07, 6.45) is 0.212. The lowest BCUT2D eigenvalue weighted by molar-refractivity contribution is 0.0988. The van der Waals surface area contributed by atoms with Gasteiger partial charge in [-0.15, -0.1) is 11.3 Å². The zero-order valence-corrected chi connectivity index (χ0v) is 11.6. The molecule has 2 aromatic rings. The van der Waals surface area contributed by atoms with E-state index in [1.165, 1.54) is 11.3 Å². The molecule has 0 aliphatic heterocycles. The molecular weight excluding hydrogens is 291 g/mol. The third-order valence-electron chi connectivity index (χ3n) is 2.38. The first-order chi connectivity index (χ1) is 8.60. The van der Waals surface area contributed by atoms with Gasteiger partial charge in [0.25, 0.3) is 0 Å². The van der Waals surface area contributed by atoms with E-state index in [0.29, 0.717) is 22.3 Å². The van der Waals surface area contributed by atoms with Crippen LogP contribution in [0.1, 0.15) is 21.1 Å². The molecule has 0 aliphatic rings. The molecule has 94 valence electrons. The number of carbonyl (C=O) groups excluding carboxylic acids is 1. The Bertz CT molecular complexity index is 583. The molecule has 1 aromatic heterocycles. The van der Waals surface area contributed by atoms with Crippen molar-refractivity contribution in [2.45, 2.75) is 13.0 Å². The summed E-state index contributed by atoms with van der Waals surface area (Å²) in [5.41, 5.74) is 6.64. The summed E-state index contributed by atoms with van der Waals surface area (Å²) in [6.45, 7) is 0.347. The minimum atomic E-state index is -0.0739. The first-order valence-electron chi connectivity index (χ1n) is 5.21. The molecule has 0 atom stereocenters. The highest BCUT2D eigenvalue weighted by molar-refractivity contribution is 7.09. The number of thiazole rings is 1. The van der Waals surface area contributed by atoms with Crippen molar-refractivity contribution in [3.05, 3.63) is 49.9 Å². The Morgan fingerprint density at radius 3 is 2.78 bits per heavy atom. The molecule has 2 N–H and O–H groups in total. The van der Waals surface area contributed by atoms with Crippen molar-refractivity contribution < 1.29 is 4.79 Å². The van der Waals surface area contributed by atoms with Crippen molar-refractivity contribution in [1.82, 2.24) is 4.98 Å². The topological polar surface area (TPSA) is 56.0 Å². The summed E-state index contributed by atoms with van der Waals surface area (Å²) in [4.78, 5) is 16.1. The number of nitrogens with zero attached hydrogens (tertiary/aromatic N) is 1. The van der Waals surface area contributed by atoms with Gasteiger partial charge >= 0.3 is 0 Å². The van der Waals surface area contributed by atoms with Gasteiger partial charge in [-0.2, -0.15) is 0 Å². The van der Waals surface area contributed by atoms with Crippen LogP contribution in [0.3, 0.4) is 0 Å². The van der Waals surface area contributed by atoms with Gasteiger partial charge in [0.2, 0.25) is 0 Å². The van der Waals surface area contributed by atoms with Crippen molar-refractivity contribution in [2.75, 3.05) is 0 Å². The number of benzene rings is 1. The predicted molar refractivity (Wildman–Crippen MR) is 74.5 cm³/mol. The Morgan fingerprint density at radius 2 is 2.17 bits per heavy atom. The van der Waals surface area contributed by atoms with Crippen LogP contribution in [-0.4, -0.2) is 10.8 Å². The van der Waals surface area contributed by atoms with E-state index < -0.39 is 0 Å². The summed E-state index contributed by atoms with van der Waals surface area (Å²) >= 11 is 13.2. The molecular formula is C12H10Cl2N2OS. The van der Waals surface area contributed by atoms with E-state index in [1.54, 1.807) is 23.6 Å². The monoisotopic (exact) mass is 300 g/mol. The Hall–Kier alpha value is -0.940. The van der Waals surface area contributed by atoms with Crippen molar-refractivity contribution >= 4 is 40.3 Å². The summed E-state index contributed by atoms with van der Waals surface area (Å²) in [5, 5.41) is 3.51. The van der Waals surface area contributed by atoms with Gasteiger partial charge in [0.15, 0.2) is 5.78 Å². The van der Waals surface area contributed by atoms with Gasteiger partial charge in [0.05, 0.1) is 0 Å². The third-order valence-corrected chi connectivity index (χ3v) is 3.84. The minimum absolute atomic E-state index is 0.0739. The fraction of sp³-hybridized carbons (Fsp3) is 0.167. The van der Waals surface area contributed by atoms with Crippen molar-refractivity contribution in [3.8, 4) is 0 Å². The summed E-state index contributed by atoms with van der Waals surface area (Å²) in [5.74, 6) is -0.0739. The molecule has 0 saturated carbocycles. The normalized spacial score (nSPS) is 10.6. The minimum Gasteiger partial charge on any atom is -0.325 e. The molecule has 0 saturated heterocycles. The molecule has 6 heteroatoms. The van der Waals surface area contributed by atoms with Crippen LogP contribution in [-0.2, 0) is 13.0 Å². The highest BCUT2D eigenvalue weighted by atomic mass is 35.5. The van der Waals surface area contributed by atoms with Crippen LogP contribution in [0, 0.1) is 0 Å². The molecule has 0 fully saturated rings. The molecule has 18 heavy (non-hydrogen) atoms. The molecule has 0 unspecified atom stereocenters. The summed E-state index contributed by atoms with van der Waals surface area (Å²) < 4.78 is 0. The largest absolute Gasteiger partial charge is 0.325 e. The SMILES string of the molecule is NCc1nc(C(=O)Cc2ccc(Cl)cc2Cl)cs1. The molecule has 0 aliphatic carbocycles. The number of aromatic nitrogens is 1. The number of ketones is 1. The van der Waals surface area contributed by atoms with Gasteiger partial charge in [-0.05, 0) is 17.7 Å². The average Bonchev–Trinajstić information content (AvgIpc) is 2.81. The van der Waals surface area contributed by atoms with E-state index in [0.717, 1.165) is 10.6 Å². The number of hydrogen-bond donors (Lipinski definition) is 1. The first-order valence-corrected chi connectivity index (χ1v) is 6.85. The lowest BCUT2D eigenvalue weighted by Gasteiger charge is -2.02. The smallest absolute Gasteiger partial charge is 0.186 e. The Morgan fingerprint density at radius 1 is 1.39 bits per heavy atom. The molecule has 0 radical (unpaired) electrons. The van der Waals surface area contributed by atoms with E-state index in [-0.39, 0.29) is 12.2 Å². The van der Waals surface area contributed by atoms with Crippen LogP contribution >= 0.6 is 34.5 Å². The van der Waals surface area contributed by atoms with Crippen LogP contribution in [0.2, 0.25) is 10.0 Å². The molecule has 1 aromatic carbocycles. The number of nitrogens with two attached hydrogens (primary N) is 1. The third kappa shape index (κ3) is 3.09. The fourth-order valence-electron chi connectivity index (χ4n) is 1.46. The second kappa shape index (κ2) is 5.80. The maximum atomic E-state index is 12.0. The maximum absolute atomic E-state index is 12.0. The van der Waals surface area contributed by atoms with Crippen LogP contribution in [0.25, 0.3) is 0 Å². The maximum Gasteiger partial charge on any atom is 0.186 e. The van der Waals surface area contributed by atoms with Crippen molar-refractivity contribution in [1.29, 1.82) is 0 Å². The second-order valence-electron chi connectivity index (χ2n) is 3.67. The Labute approximate surface area is 119 Å². The van der Waals surface area contributed by atoms with E-state index in [2.05, 4.69) is 4.98 Å². The molecule has 3 nitrogen and oxygen atoms in total. The number of Topliss-reactive ketones (excluding diaryl/α,β-unsaturated/α-hetero) is 1. The van der Waals surface area contributed by atoms with Gasteiger partial charge in [-0.25, -0.2) is 4.98 Å². The van der Waals surface area contributed by atoms with Gasteiger partial charge < -0.3 is 5.73 Å². The molecule has 2 rings (SSSR count). The molecule has 0 bridgehead atoms. The summed E-state index contributed by atoms with van der Waals surface area (Å²) in [6, 6.07) is 5.08. The van der Waals surface area contributed by atoms with Crippen LogP contribution in [0.15, 0.2) is 23.6 Å². The van der Waals surface area contributed by atoms with Gasteiger partial charge in [-0.1, -0.05) is 29.3 Å². The van der Waals surface area contributed by atoms with E-state index in [4.69, 9.17) is 28.9 Å². The van der Waals surface area contributed by atoms with Crippen molar-refractivity contribution in [3.63, 3.8) is 0 Å². The predicted octanol–water partition coefficient (Wildman–Crippen LogP) is 3.33. The number of rotatable bonds is 4. The van der Waals surface area contributed by atoms with Gasteiger partial charge in [0.1, 0.15) is 10.7 Å². The molecule has 0 spiro atoms. The second-order valence-corrected chi connectivity index (χ2v) is 5.45. The zero-order valence-electron chi connectivity index (χ0n) is 9.32. The first kappa shape index (κ1) is 13.5. The van der Waals surface area contributed by atoms with Crippen LogP contribution in [0.5, 0.6) is 0 Å². The highest BCUT2D eigenvalue weighted by Crippen LogP contribution is 2.22.